The van der Waals surface area contributed by atoms with E-state index in [0.717, 1.165) is 17.7 Å². The van der Waals surface area contributed by atoms with Gasteiger partial charge in [-0.25, -0.2) is 0 Å². The number of aliphatic hydroxyl groups is 1. The molecule has 0 saturated heterocycles. The molecule has 1 aromatic carbocycles. The van der Waals surface area contributed by atoms with Crippen molar-refractivity contribution in [1.29, 1.82) is 0 Å². The predicted molar refractivity (Wildman–Crippen MR) is 71.1 cm³/mol. The Morgan fingerprint density at radius 2 is 1.83 bits per heavy atom. The lowest BCUT2D eigenvalue weighted by molar-refractivity contribution is -0.133. The smallest absolute Gasteiger partial charge is 0.169 e. The molecule has 1 rings (SSSR count). The molecule has 0 bridgehead atoms. The topological polar surface area (TPSA) is 50.7 Å². The van der Waals surface area contributed by atoms with Gasteiger partial charge in [0.2, 0.25) is 0 Å². The first-order valence-electron chi connectivity index (χ1n) is 6.42. The number of ether oxygens (including phenoxy) is 2. The molecule has 4 heteroatoms. The van der Waals surface area contributed by atoms with E-state index in [0.29, 0.717) is 19.8 Å². The van der Waals surface area contributed by atoms with Crippen LogP contribution in [0.3, 0.4) is 0 Å². The number of hydrogen-bond acceptors (Lipinski definition) is 4. The van der Waals surface area contributed by atoms with Crippen LogP contribution < -0.4 is 5.32 Å². The number of benzene rings is 1. The molecule has 0 aromatic heterocycles. The highest BCUT2D eigenvalue weighted by molar-refractivity contribution is 5.22. The fourth-order valence-electron chi connectivity index (χ4n) is 1.71. The first kappa shape index (κ1) is 15.1. The van der Waals surface area contributed by atoms with Crippen LogP contribution >= 0.6 is 0 Å². The number of hydrogen-bond donors (Lipinski definition) is 2. The molecule has 2 N–H and O–H groups in total. The average molecular weight is 253 g/mol. The molecule has 0 heterocycles. The van der Waals surface area contributed by atoms with Crippen LogP contribution in [0.5, 0.6) is 0 Å². The van der Waals surface area contributed by atoms with E-state index >= 15 is 0 Å². The van der Waals surface area contributed by atoms with Gasteiger partial charge in [0.25, 0.3) is 0 Å². The lowest BCUT2D eigenvalue weighted by Gasteiger charge is -2.17. The van der Waals surface area contributed by atoms with E-state index in [1.165, 1.54) is 0 Å². The van der Waals surface area contributed by atoms with Gasteiger partial charge in [0, 0.05) is 26.3 Å². The van der Waals surface area contributed by atoms with Gasteiger partial charge < -0.3 is 19.9 Å². The molecule has 1 aromatic rings. The molecule has 0 fully saturated rings. The molecule has 102 valence electrons. The second kappa shape index (κ2) is 9.05. The van der Waals surface area contributed by atoms with Gasteiger partial charge in [-0.1, -0.05) is 24.3 Å². The summed E-state index contributed by atoms with van der Waals surface area (Å²) in [5.41, 5.74) is 2.08. The summed E-state index contributed by atoms with van der Waals surface area (Å²) < 4.78 is 10.9. The molecule has 0 aliphatic rings. The highest BCUT2D eigenvalue weighted by Crippen LogP contribution is 2.05. The van der Waals surface area contributed by atoms with Crippen molar-refractivity contribution in [3.63, 3.8) is 0 Å². The monoisotopic (exact) mass is 253 g/mol. The molecule has 0 radical (unpaired) electrons. The van der Waals surface area contributed by atoms with Crippen LogP contribution in [0, 0.1) is 0 Å². The molecule has 4 nitrogen and oxygen atoms in total. The number of aliphatic hydroxyl groups excluding tert-OH is 1. The quantitative estimate of drug-likeness (QED) is 0.657. The second-order valence-corrected chi connectivity index (χ2v) is 3.95. The maximum absolute atomic E-state index is 9.06. The van der Waals surface area contributed by atoms with Crippen LogP contribution in [0.15, 0.2) is 24.3 Å². The molecule has 0 amide bonds. The van der Waals surface area contributed by atoms with Gasteiger partial charge in [-0.05, 0) is 25.0 Å². The summed E-state index contributed by atoms with van der Waals surface area (Å²) in [6, 6.07) is 7.88. The standard InChI is InChI=1S/C14H23NO3/c1-3-17-14(18-4-2)10-15-9-12-6-5-7-13(8-12)11-16/h5-8,14-16H,3-4,9-11H2,1-2H3. The zero-order valence-electron chi connectivity index (χ0n) is 11.2. The minimum Gasteiger partial charge on any atom is -0.392 e. The Morgan fingerprint density at radius 1 is 1.17 bits per heavy atom. The Kier molecular flexibility index (Phi) is 7.60. The summed E-state index contributed by atoms with van der Waals surface area (Å²) in [4.78, 5) is 0. The van der Waals surface area contributed by atoms with Gasteiger partial charge >= 0.3 is 0 Å². The number of rotatable bonds is 9. The Labute approximate surface area is 109 Å². The highest BCUT2D eigenvalue weighted by atomic mass is 16.7. The van der Waals surface area contributed by atoms with E-state index in [-0.39, 0.29) is 12.9 Å². The van der Waals surface area contributed by atoms with E-state index in [2.05, 4.69) is 5.32 Å². The van der Waals surface area contributed by atoms with E-state index in [9.17, 15) is 0 Å². The van der Waals surface area contributed by atoms with Crippen LogP contribution in [-0.2, 0) is 22.6 Å². The zero-order chi connectivity index (χ0) is 13.2. The third-order valence-electron chi connectivity index (χ3n) is 2.52. The van der Waals surface area contributed by atoms with Crippen LogP contribution in [0.4, 0.5) is 0 Å². The van der Waals surface area contributed by atoms with E-state index < -0.39 is 0 Å². The van der Waals surface area contributed by atoms with Gasteiger partial charge in [-0.2, -0.15) is 0 Å². The van der Waals surface area contributed by atoms with Crippen molar-refractivity contribution in [2.24, 2.45) is 0 Å². The Morgan fingerprint density at radius 3 is 2.44 bits per heavy atom. The Bertz CT molecular complexity index is 325. The summed E-state index contributed by atoms with van der Waals surface area (Å²) in [6.07, 6.45) is -0.193. The molecule has 0 spiro atoms. The zero-order valence-corrected chi connectivity index (χ0v) is 11.2. The SMILES string of the molecule is CCOC(CNCc1cccc(CO)c1)OCC. The van der Waals surface area contributed by atoms with E-state index in [4.69, 9.17) is 14.6 Å². The van der Waals surface area contributed by atoms with Crippen LogP contribution in [-0.4, -0.2) is 31.2 Å². The van der Waals surface area contributed by atoms with Crippen LogP contribution in [0.25, 0.3) is 0 Å². The molecule has 0 saturated carbocycles. The Hall–Kier alpha value is -0.940. The van der Waals surface area contributed by atoms with Gasteiger partial charge in [-0.3, -0.25) is 0 Å². The third-order valence-corrected chi connectivity index (χ3v) is 2.52. The first-order valence-corrected chi connectivity index (χ1v) is 6.42. The van der Waals surface area contributed by atoms with Gasteiger partial charge in [0.05, 0.1) is 6.61 Å². The molecular formula is C14H23NO3. The highest BCUT2D eigenvalue weighted by Gasteiger charge is 2.06. The first-order chi connectivity index (χ1) is 8.80. The Balaban J connectivity index is 2.34. The van der Waals surface area contributed by atoms with E-state index in [1.54, 1.807) is 0 Å². The molecule has 0 aliphatic heterocycles. The molecular weight excluding hydrogens is 230 g/mol. The lowest BCUT2D eigenvalue weighted by Crippen LogP contribution is -2.31. The molecule has 0 aliphatic carbocycles. The number of nitrogens with one attached hydrogen (secondary N) is 1. The van der Waals surface area contributed by atoms with Crippen molar-refractivity contribution in [3.8, 4) is 0 Å². The summed E-state index contributed by atoms with van der Waals surface area (Å²) in [6.45, 7) is 6.68. The average Bonchev–Trinajstić information content (AvgIpc) is 2.39. The largest absolute Gasteiger partial charge is 0.392 e. The fourth-order valence-corrected chi connectivity index (χ4v) is 1.71. The van der Waals surface area contributed by atoms with E-state index in [1.807, 2.05) is 38.1 Å². The summed E-state index contributed by atoms with van der Waals surface area (Å²) in [5, 5.41) is 12.3. The van der Waals surface area contributed by atoms with Crippen molar-refractivity contribution < 1.29 is 14.6 Å². The minimum absolute atomic E-state index is 0.0777. The maximum atomic E-state index is 9.06. The van der Waals surface area contributed by atoms with Crippen molar-refractivity contribution in [1.82, 2.24) is 5.32 Å². The second-order valence-electron chi connectivity index (χ2n) is 3.95. The van der Waals surface area contributed by atoms with Crippen molar-refractivity contribution in [2.45, 2.75) is 33.3 Å². The van der Waals surface area contributed by atoms with Crippen molar-refractivity contribution >= 4 is 0 Å². The van der Waals surface area contributed by atoms with Gasteiger partial charge in [0.1, 0.15) is 0 Å². The predicted octanol–water partition coefficient (Wildman–Crippen LogP) is 1.67. The van der Waals surface area contributed by atoms with Crippen LogP contribution in [0.2, 0.25) is 0 Å². The van der Waals surface area contributed by atoms with Crippen molar-refractivity contribution in [2.75, 3.05) is 19.8 Å². The van der Waals surface area contributed by atoms with Crippen LogP contribution in [0.1, 0.15) is 25.0 Å². The van der Waals surface area contributed by atoms with Gasteiger partial charge in [0.15, 0.2) is 6.29 Å². The maximum Gasteiger partial charge on any atom is 0.169 e. The van der Waals surface area contributed by atoms with Gasteiger partial charge in [-0.15, -0.1) is 0 Å². The summed E-state index contributed by atoms with van der Waals surface area (Å²) in [7, 11) is 0. The summed E-state index contributed by atoms with van der Waals surface area (Å²) >= 11 is 0. The normalized spacial score (nSPS) is 11.1. The lowest BCUT2D eigenvalue weighted by atomic mass is 10.1. The fraction of sp³-hybridized carbons (Fsp3) is 0.571. The summed E-state index contributed by atoms with van der Waals surface area (Å²) in [5.74, 6) is 0. The molecule has 18 heavy (non-hydrogen) atoms. The minimum atomic E-state index is -0.193. The van der Waals surface area contributed by atoms with Crippen molar-refractivity contribution in [3.05, 3.63) is 35.4 Å². The molecule has 0 unspecified atom stereocenters. The third kappa shape index (κ3) is 5.60. The molecule has 0 atom stereocenters.